The summed E-state index contributed by atoms with van der Waals surface area (Å²) in [6.45, 7) is 1.30. The van der Waals surface area contributed by atoms with Gasteiger partial charge in [-0.25, -0.2) is 4.98 Å². The molecule has 5 nitrogen and oxygen atoms in total. The summed E-state index contributed by atoms with van der Waals surface area (Å²) in [7, 11) is 0. The Morgan fingerprint density at radius 2 is 2.31 bits per heavy atom. The molecule has 5 heteroatoms. The number of nitrogens with zero attached hydrogens (tertiary/aromatic N) is 1. The van der Waals surface area contributed by atoms with Gasteiger partial charge in [0.15, 0.2) is 5.69 Å². The lowest BCUT2D eigenvalue weighted by atomic mass is 10.3. The van der Waals surface area contributed by atoms with Gasteiger partial charge in [0.2, 0.25) is 0 Å². The van der Waals surface area contributed by atoms with E-state index in [4.69, 9.17) is 0 Å². The molecule has 16 heavy (non-hydrogen) atoms. The van der Waals surface area contributed by atoms with Crippen LogP contribution in [0.25, 0.3) is 0 Å². The molecule has 1 fully saturated rings. The third-order valence-electron chi connectivity index (χ3n) is 2.42. The van der Waals surface area contributed by atoms with Gasteiger partial charge in [-0.3, -0.25) is 4.79 Å². The van der Waals surface area contributed by atoms with Gasteiger partial charge in [-0.05, 0) is 25.0 Å². The molecule has 3 N–H and O–H groups in total. The first-order valence-electron chi connectivity index (χ1n) is 5.43. The Bertz CT molecular complexity index is 377. The largest absolute Gasteiger partial charge is 0.505 e. The number of aromatic nitrogens is 1. The van der Waals surface area contributed by atoms with E-state index in [0.717, 1.165) is 6.54 Å². The number of hydrogen-bond donors (Lipinski definition) is 3. The molecule has 1 saturated carbocycles. The topological polar surface area (TPSA) is 74.2 Å². The van der Waals surface area contributed by atoms with Gasteiger partial charge in [-0.2, -0.15) is 0 Å². The highest BCUT2D eigenvalue weighted by Crippen LogP contribution is 2.17. The quantitative estimate of drug-likeness (QED) is 0.624. The number of hydrogen-bond acceptors (Lipinski definition) is 4. The SMILES string of the molecule is O=C(NCCNC1CC1)c1ncccc1O. The molecule has 0 aromatic carbocycles. The van der Waals surface area contributed by atoms with E-state index in [2.05, 4.69) is 15.6 Å². The lowest BCUT2D eigenvalue weighted by Crippen LogP contribution is -2.33. The van der Waals surface area contributed by atoms with Crippen LogP contribution in [0, 0.1) is 0 Å². The first-order valence-corrected chi connectivity index (χ1v) is 5.43. The van der Waals surface area contributed by atoms with Crippen molar-refractivity contribution in [2.45, 2.75) is 18.9 Å². The van der Waals surface area contributed by atoms with E-state index in [1.54, 1.807) is 6.07 Å². The molecule has 2 rings (SSSR count). The maximum absolute atomic E-state index is 11.6. The minimum atomic E-state index is -0.337. The zero-order chi connectivity index (χ0) is 11.4. The highest BCUT2D eigenvalue weighted by atomic mass is 16.3. The Morgan fingerprint density at radius 1 is 1.50 bits per heavy atom. The van der Waals surface area contributed by atoms with Gasteiger partial charge in [0.1, 0.15) is 5.75 Å². The molecule has 0 aliphatic heterocycles. The number of amides is 1. The Hall–Kier alpha value is -1.62. The van der Waals surface area contributed by atoms with E-state index in [-0.39, 0.29) is 17.4 Å². The zero-order valence-electron chi connectivity index (χ0n) is 8.94. The van der Waals surface area contributed by atoms with Crippen molar-refractivity contribution in [3.63, 3.8) is 0 Å². The Morgan fingerprint density at radius 3 is 3.00 bits per heavy atom. The highest BCUT2D eigenvalue weighted by Gasteiger charge is 2.19. The molecule has 1 heterocycles. The Kier molecular flexibility index (Phi) is 3.36. The number of carbonyl (C=O) groups is 1. The lowest BCUT2D eigenvalue weighted by molar-refractivity contribution is 0.0946. The van der Waals surface area contributed by atoms with E-state index in [0.29, 0.717) is 12.6 Å². The van der Waals surface area contributed by atoms with Crippen LogP contribution >= 0.6 is 0 Å². The fourth-order valence-corrected chi connectivity index (χ4v) is 1.40. The zero-order valence-corrected chi connectivity index (χ0v) is 8.94. The summed E-state index contributed by atoms with van der Waals surface area (Å²) in [4.78, 5) is 15.4. The number of pyridine rings is 1. The van der Waals surface area contributed by atoms with Crippen molar-refractivity contribution in [1.82, 2.24) is 15.6 Å². The lowest BCUT2D eigenvalue weighted by Gasteiger charge is -2.06. The summed E-state index contributed by atoms with van der Waals surface area (Å²) in [6, 6.07) is 3.67. The van der Waals surface area contributed by atoms with Gasteiger partial charge in [0, 0.05) is 25.3 Å². The second kappa shape index (κ2) is 4.94. The number of aromatic hydroxyl groups is 1. The van der Waals surface area contributed by atoms with E-state index in [9.17, 15) is 9.90 Å². The summed E-state index contributed by atoms with van der Waals surface area (Å²) < 4.78 is 0. The average molecular weight is 221 g/mol. The molecular weight excluding hydrogens is 206 g/mol. The first-order chi connectivity index (χ1) is 7.77. The molecule has 1 aliphatic carbocycles. The van der Waals surface area contributed by atoms with E-state index in [1.807, 2.05) is 0 Å². The summed E-state index contributed by atoms with van der Waals surface area (Å²) in [6.07, 6.45) is 3.95. The normalized spacial score (nSPS) is 14.8. The molecule has 86 valence electrons. The first kappa shape index (κ1) is 10.9. The number of carbonyl (C=O) groups excluding carboxylic acids is 1. The van der Waals surface area contributed by atoms with Crippen LogP contribution in [0.5, 0.6) is 5.75 Å². The van der Waals surface area contributed by atoms with E-state index >= 15 is 0 Å². The second-order valence-electron chi connectivity index (χ2n) is 3.86. The van der Waals surface area contributed by atoms with Crippen molar-refractivity contribution < 1.29 is 9.90 Å². The van der Waals surface area contributed by atoms with Gasteiger partial charge in [0.05, 0.1) is 0 Å². The molecule has 1 aromatic heterocycles. The second-order valence-corrected chi connectivity index (χ2v) is 3.86. The maximum Gasteiger partial charge on any atom is 0.273 e. The predicted octanol–water partition coefficient (Wildman–Crippen LogP) is 0.269. The fraction of sp³-hybridized carbons (Fsp3) is 0.455. The van der Waals surface area contributed by atoms with Gasteiger partial charge < -0.3 is 15.7 Å². The van der Waals surface area contributed by atoms with Crippen LogP contribution in [0.1, 0.15) is 23.3 Å². The van der Waals surface area contributed by atoms with Crippen molar-refractivity contribution in [2.75, 3.05) is 13.1 Å². The van der Waals surface area contributed by atoms with Crippen LogP contribution in [-0.4, -0.2) is 35.1 Å². The van der Waals surface area contributed by atoms with E-state index < -0.39 is 0 Å². The fourth-order valence-electron chi connectivity index (χ4n) is 1.40. The summed E-state index contributed by atoms with van der Waals surface area (Å²) >= 11 is 0. The summed E-state index contributed by atoms with van der Waals surface area (Å²) in [5.41, 5.74) is 0.0777. The van der Waals surface area contributed by atoms with Crippen molar-refractivity contribution in [3.05, 3.63) is 24.0 Å². The van der Waals surface area contributed by atoms with Crippen LogP contribution in [0.4, 0.5) is 0 Å². The molecule has 0 radical (unpaired) electrons. The van der Waals surface area contributed by atoms with Crippen molar-refractivity contribution in [1.29, 1.82) is 0 Å². The Balaban J connectivity index is 1.76. The van der Waals surface area contributed by atoms with Crippen LogP contribution in [0.3, 0.4) is 0 Å². The van der Waals surface area contributed by atoms with Gasteiger partial charge in [0.25, 0.3) is 5.91 Å². The molecule has 0 atom stereocenters. The number of rotatable bonds is 5. The maximum atomic E-state index is 11.6. The molecule has 0 bridgehead atoms. The summed E-state index contributed by atoms with van der Waals surface area (Å²) in [5, 5.41) is 15.4. The molecule has 1 amide bonds. The molecule has 1 aliphatic rings. The van der Waals surface area contributed by atoms with Crippen LogP contribution in [0.15, 0.2) is 18.3 Å². The minimum absolute atomic E-state index is 0.0777. The average Bonchev–Trinajstić information content (AvgIpc) is 3.08. The highest BCUT2D eigenvalue weighted by molar-refractivity contribution is 5.94. The van der Waals surface area contributed by atoms with Crippen LogP contribution in [-0.2, 0) is 0 Å². The van der Waals surface area contributed by atoms with E-state index in [1.165, 1.54) is 25.1 Å². The van der Waals surface area contributed by atoms with Gasteiger partial charge in [-0.1, -0.05) is 0 Å². The third-order valence-corrected chi connectivity index (χ3v) is 2.42. The van der Waals surface area contributed by atoms with Gasteiger partial charge in [-0.15, -0.1) is 0 Å². The molecule has 0 spiro atoms. The van der Waals surface area contributed by atoms with Crippen molar-refractivity contribution in [3.8, 4) is 5.75 Å². The predicted molar refractivity (Wildman–Crippen MR) is 59.3 cm³/mol. The third kappa shape index (κ3) is 2.93. The van der Waals surface area contributed by atoms with Crippen LogP contribution < -0.4 is 10.6 Å². The molecule has 1 aromatic rings. The summed E-state index contributed by atoms with van der Waals surface area (Å²) in [5.74, 6) is -0.425. The Labute approximate surface area is 93.9 Å². The molecule has 0 saturated heterocycles. The molecular formula is C11H15N3O2. The standard InChI is InChI=1S/C11H15N3O2/c15-9-2-1-5-13-10(9)11(16)14-7-6-12-8-3-4-8/h1-2,5,8,12,15H,3-4,6-7H2,(H,14,16). The monoisotopic (exact) mass is 221 g/mol. The minimum Gasteiger partial charge on any atom is -0.505 e. The van der Waals surface area contributed by atoms with Crippen LogP contribution in [0.2, 0.25) is 0 Å². The van der Waals surface area contributed by atoms with Crippen molar-refractivity contribution >= 4 is 5.91 Å². The number of nitrogens with one attached hydrogen (secondary N) is 2. The van der Waals surface area contributed by atoms with Crippen molar-refractivity contribution in [2.24, 2.45) is 0 Å². The smallest absolute Gasteiger partial charge is 0.273 e. The van der Waals surface area contributed by atoms with Gasteiger partial charge >= 0.3 is 0 Å². The molecule has 0 unspecified atom stereocenters.